The predicted molar refractivity (Wildman–Crippen MR) is 102 cm³/mol. The maximum atomic E-state index is 11.2. The molecule has 3 rings (SSSR count). The number of nitrogens with one attached hydrogen (secondary N) is 2. The van der Waals surface area contributed by atoms with Gasteiger partial charge in [0.2, 0.25) is 0 Å². The first-order valence-corrected chi connectivity index (χ1v) is 8.28. The number of esters is 1. The molecule has 3 aromatic rings. The Bertz CT molecular complexity index is 919. The van der Waals surface area contributed by atoms with Gasteiger partial charge >= 0.3 is 11.9 Å². The Morgan fingerprint density at radius 1 is 1.11 bits per heavy atom. The van der Waals surface area contributed by atoms with Crippen molar-refractivity contribution in [1.29, 1.82) is 0 Å². The number of aromatic amines is 1. The number of aromatic carboxylic acids is 1. The highest BCUT2D eigenvalue weighted by Gasteiger charge is 2.14. The molecule has 142 valence electrons. The van der Waals surface area contributed by atoms with Gasteiger partial charge in [0.1, 0.15) is 23.8 Å². The molecule has 0 saturated carbocycles. The van der Waals surface area contributed by atoms with Gasteiger partial charge in [0.05, 0.1) is 5.52 Å². The second-order valence-electron chi connectivity index (χ2n) is 5.74. The standard InChI is InChI=1S/C18H15NO5.C2H7N/c1-11(20)24-13-7-15-14(9-16(19-15)18(21)22)17(8-13)23-10-12-5-3-2-4-6-12;1-3-2/h2-9,19H,10H2,1H3,(H,21,22);3H,1-2H3. The molecule has 0 bridgehead atoms. The zero-order valence-corrected chi connectivity index (χ0v) is 15.4. The Labute approximate surface area is 156 Å². The molecule has 7 nitrogen and oxygen atoms in total. The highest BCUT2D eigenvalue weighted by molar-refractivity contribution is 5.97. The topological polar surface area (TPSA) is 101 Å². The van der Waals surface area contributed by atoms with Crippen LogP contribution in [0.25, 0.3) is 10.9 Å². The molecule has 0 saturated heterocycles. The second-order valence-corrected chi connectivity index (χ2v) is 5.74. The quantitative estimate of drug-likeness (QED) is 0.471. The SMILES string of the molecule is CC(=O)Oc1cc(OCc2ccccc2)c2cc(C(=O)O)[nH]c2c1.CNC. The van der Waals surface area contributed by atoms with Crippen LogP contribution in [0.1, 0.15) is 23.0 Å². The van der Waals surface area contributed by atoms with E-state index in [1.54, 1.807) is 12.1 Å². The Kier molecular flexibility index (Phi) is 6.96. The second kappa shape index (κ2) is 9.40. The van der Waals surface area contributed by atoms with Crippen LogP contribution in [0.15, 0.2) is 48.5 Å². The number of carboxylic acid groups (broad SMARTS) is 1. The lowest BCUT2D eigenvalue weighted by molar-refractivity contribution is -0.131. The van der Waals surface area contributed by atoms with Crippen molar-refractivity contribution in [3.8, 4) is 11.5 Å². The molecule has 3 N–H and O–H groups in total. The van der Waals surface area contributed by atoms with E-state index in [1.165, 1.54) is 13.0 Å². The van der Waals surface area contributed by atoms with Gasteiger partial charge in [-0.15, -0.1) is 0 Å². The molecule has 0 spiro atoms. The maximum absolute atomic E-state index is 11.2. The molecule has 7 heteroatoms. The summed E-state index contributed by atoms with van der Waals surface area (Å²) in [5, 5.41) is 12.5. The summed E-state index contributed by atoms with van der Waals surface area (Å²) >= 11 is 0. The zero-order valence-electron chi connectivity index (χ0n) is 15.4. The molecule has 0 aliphatic carbocycles. The molecule has 0 atom stereocenters. The fraction of sp³-hybridized carbons (Fsp3) is 0.200. The number of carbonyl (C=O) groups excluding carboxylic acids is 1. The lowest BCUT2D eigenvalue weighted by atomic mass is 10.2. The fourth-order valence-electron chi connectivity index (χ4n) is 2.37. The maximum Gasteiger partial charge on any atom is 0.352 e. The molecule has 2 aromatic carbocycles. The Hall–Kier alpha value is -3.32. The number of hydrogen-bond acceptors (Lipinski definition) is 5. The summed E-state index contributed by atoms with van der Waals surface area (Å²) in [5.74, 6) is -0.809. The van der Waals surface area contributed by atoms with Crippen molar-refractivity contribution < 1.29 is 24.2 Å². The fourth-order valence-corrected chi connectivity index (χ4v) is 2.37. The van der Waals surface area contributed by atoms with E-state index in [4.69, 9.17) is 14.6 Å². The number of ether oxygens (including phenoxy) is 2. The van der Waals surface area contributed by atoms with Gasteiger partial charge in [-0.3, -0.25) is 4.79 Å². The van der Waals surface area contributed by atoms with Crippen LogP contribution in [0.3, 0.4) is 0 Å². The predicted octanol–water partition coefficient (Wildman–Crippen LogP) is 3.21. The van der Waals surface area contributed by atoms with E-state index >= 15 is 0 Å². The summed E-state index contributed by atoms with van der Waals surface area (Å²) in [7, 11) is 3.75. The van der Waals surface area contributed by atoms with Crippen LogP contribution >= 0.6 is 0 Å². The van der Waals surface area contributed by atoms with Gasteiger partial charge in [-0.1, -0.05) is 30.3 Å². The van der Waals surface area contributed by atoms with E-state index in [0.29, 0.717) is 23.3 Å². The van der Waals surface area contributed by atoms with Crippen LogP contribution in [-0.4, -0.2) is 36.1 Å². The monoisotopic (exact) mass is 370 g/mol. The van der Waals surface area contributed by atoms with Crippen LogP contribution in [-0.2, 0) is 11.4 Å². The molecule has 0 aliphatic heterocycles. The van der Waals surface area contributed by atoms with Gasteiger partial charge in [-0.05, 0) is 25.7 Å². The number of carbonyl (C=O) groups is 2. The molecule has 1 heterocycles. The normalized spacial score (nSPS) is 10.0. The first-order valence-electron chi connectivity index (χ1n) is 8.28. The summed E-state index contributed by atoms with van der Waals surface area (Å²) in [4.78, 5) is 25.1. The van der Waals surface area contributed by atoms with Crippen molar-refractivity contribution in [2.45, 2.75) is 13.5 Å². The molecule has 0 amide bonds. The smallest absolute Gasteiger partial charge is 0.352 e. The van der Waals surface area contributed by atoms with Gasteiger partial charge in [0.25, 0.3) is 0 Å². The average Bonchev–Trinajstić information content (AvgIpc) is 3.05. The molecule has 0 unspecified atom stereocenters. The zero-order chi connectivity index (χ0) is 19.8. The highest BCUT2D eigenvalue weighted by atomic mass is 16.5. The average molecular weight is 370 g/mol. The Morgan fingerprint density at radius 2 is 1.78 bits per heavy atom. The molecule has 27 heavy (non-hydrogen) atoms. The summed E-state index contributed by atoms with van der Waals surface area (Å²) in [6.07, 6.45) is 0. The van der Waals surface area contributed by atoms with E-state index in [2.05, 4.69) is 10.3 Å². The number of hydrogen-bond donors (Lipinski definition) is 3. The van der Waals surface area contributed by atoms with Crippen molar-refractivity contribution in [3.63, 3.8) is 0 Å². The third-order valence-corrected chi connectivity index (χ3v) is 3.40. The van der Waals surface area contributed by atoms with E-state index in [1.807, 2.05) is 44.4 Å². The summed E-state index contributed by atoms with van der Waals surface area (Å²) in [6.45, 7) is 1.61. The number of benzene rings is 2. The van der Waals surface area contributed by atoms with Crippen LogP contribution in [0.2, 0.25) is 0 Å². The minimum atomic E-state index is -1.07. The summed E-state index contributed by atoms with van der Waals surface area (Å²) < 4.78 is 10.9. The van der Waals surface area contributed by atoms with Crippen molar-refractivity contribution in [2.75, 3.05) is 14.1 Å². The molecular weight excluding hydrogens is 348 g/mol. The van der Waals surface area contributed by atoms with Crippen molar-refractivity contribution in [2.24, 2.45) is 0 Å². The minimum Gasteiger partial charge on any atom is -0.488 e. The van der Waals surface area contributed by atoms with Crippen LogP contribution in [0, 0.1) is 0 Å². The van der Waals surface area contributed by atoms with Gasteiger partial charge in [-0.25, -0.2) is 4.79 Å². The Balaban J connectivity index is 0.000000817. The molecule has 1 aromatic heterocycles. The highest BCUT2D eigenvalue weighted by Crippen LogP contribution is 2.32. The van der Waals surface area contributed by atoms with Crippen LogP contribution in [0.4, 0.5) is 0 Å². The van der Waals surface area contributed by atoms with Crippen molar-refractivity contribution in [3.05, 3.63) is 59.8 Å². The van der Waals surface area contributed by atoms with Crippen LogP contribution < -0.4 is 14.8 Å². The lowest BCUT2D eigenvalue weighted by Crippen LogP contribution is -2.02. The number of rotatable bonds is 5. The third kappa shape index (κ3) is 5.58. The van der Waals surface area contributed by atoms with Gasteiger partial charge in [0.15, 0.2) is 0 Å². The van der Waals surface area contributed by atoms with Crippen LogP contribution in [0.5, 0.6) is 11.5 Å². The van der Waals surface area contributed by atoms with E-state index in [-0.39, 0.29) is 11.4 Å². The van der Waals surface area contributed by atoms with E-state index in [9.17, 15) is 9.59 Å². The van der Waals surface area contributed by atoms with Crippen molar-refractivity contribution >= 4 is 22.8 Å². The van der Waals surface area contributed by atoms with E-state index < -0.39 is 11.9 Å². The number of fused-ring (bicyclic) bond motifs is 1. The summed E-state index contributed by atoms with van der Waals surface area (Å²) in [6, 6.07) is 14.2. The first kappa shape index (κ1) is 20.0. The van der Waals surface area contributed by atoms with Gasteiger partial charge in [-0.2, -0.15) is 0 Å². The largest absolute Gasteiger partial charge is 0.488 e. The Morgan fingerprint density at radius 3 is 2.37 bits per heavy atom. The number of H-pyrrole nitrogens is 1. The first-order chi connectivity index (χ1) is 12.9. The lowest BCUT2D eigenvalue weighted by Gasteiger charge is -2.10. The number of aromatic nitrogens is 1. The van der Waals surface area contributed by atoms with E-state index in [0.717, 1.165) is 5.56 Å². The molecule has 0 radical (unpaired) electrons. The summed E-state index contributed by atoms with van der Waals surface area (Å²) in [5.41, 5.74) is 1.53. The molecule has 0 aliphatic rings. The third-order valence-electron chi connectivity index (χ3n) is 3.40. The van der Waals surface area contributed by atoms with Gasteiger partial charge < -0.3 is 24.9 Å². The molecule has 0 fully saturated rings. The minimum absolute atomic E-state index is 0.0366. The van der Waals surface area contributed by atoms with Gasteiger partial charge in [0, 0.05) is 24.4 Å². The molecular formula is C20H22N2O5. The number of carboxylic acids is 1. The van der Waals surface area contributed by atoms with Crippen molar-refractivity contribution in [1.82, 2.24) is 10.3 Å².